The van der Waals surface area contributed by atoms with Gasteiger partial charge in [-0.25, -0.2) is 4.79 Å². The summed E-state index contributed by atoms with van der Waals surface area (Å²) >= 11 is 0. The maximum Gasteiger partial charge on any atom is 0.333 e. The lowest BCUT2D eigenvalue weighted by Crippen LogP contribution is -2.17. The average molecular weight is 318 g/mol. The van der Waals surface area contributed by atoms with Crippen molar-refractivity contribution in [2.24, 2.45) is 0 Å². The van der Waals surface area contributed by atoms with E-state index in [2.05, 4.69) is 6.58 Å². The zero-order chi connectivity index (χ0) is 18.0. The molecule has 0 amide bonds. The highest BCUT2D eigenvalue weighted by Gasteiger charge is 2.14. The van der Waals surface area contributed by atoms with Crippen LogP contribution in [0, 0.1) is 0 Å². The summed E-state index contributed by atoms with van der Waals surface area (Å²) in [6.45, 7) is 14.7. The molecule has 0 bridgehead atoms. The fourth-order valence-electron chi connectivity index (χ4n) is 1.72. The Balaban J connectivity index is 5.00. The number of carbonyl (C=O) groups is 1. The maximum atomic E-state index is 11.9. The number of allylic oxidation sites excluding steroid dienone is 4. The van der Waals surface area contributed by atoms with Crippen molar-refractivity contribution >= 4 is 5.97 Å². The Bertz CT molecular complexity index is 527. The molecule has 0 saturated heterocycles. The van der Waals surface area contributed by atoms with E-state index in [1.807, 2.05) is 39.8 Å². The van der Waals surface area contributed by atoms with E-state index in [4.69, 9.17) is 4.74 Å². The maximum absolute atomic E-state index is 11.9. The van der Waals surface area contributed by atoms with Gasteiger partial charge >= 0.3 is 5.97 Å². The number of ether oxygens (including phenoxy) is 1. The Kier molecular flexibility index (Phi) is 9.19. The summed E-state index contributed by atoms with van der Waals surface area (Å²) in [5.41, 5.74) is 1.72. The molecule has 0 aliphatic carbocycles. The van der Waals surface area contributed by atoms with Gasteiger partial charge in [-0.15, -0.1) is 0 Å². The summed E-state index contributed by atoms with van der Waals surface area (Å²) in [6.07, 6.45) is 10.8. The summed E-state index contributed by atoms with van der Waals surface area (Å²) in [4.78, 5) is 11.9. The molecule has 0 aromatic carbocycles. The molecule has 128 valence electrons. The van der Waals surface area contributed by atoms with Crippen molar-refractivity contribution < 1.29 is 14.6 Å². The van der Waals surface area contributed by atoms with E-state index in [1.165, 1.54) is 6.08 Å². The molecule has 0 saturated carbocycles. The quantitative estimate of drug-likeness (QED) is 0.306. The lowest BCUT2D eigenvalue weighted by molar-refractivity contribution is -0.142. The van der Waals surface area contributed by atoms with Crippen LogP contribution in [0.2, 0.25) is 0 Å². The van der Waals surface area contributed by atoms with Gasteiger partial charge in [-0.3, -0.25) is 0 Å². The fourth-order valence-corrected chi connectivity index (χ4v) is 1.72. The van der Waals surface area contributed by atoms with Crippen LogP contribution in [0.5, 0.6) is 0 Å². The zero-order valence-corrected chi connectivity index (χ0v) is 15.2. The summed E-state index contributed by atoms with van der Waals surface area (Å²) in [6, 6.07) is 0. The second-order valence-electron chi connectivity index (χ2n) is 6.17. The molecule has 0 aromatic heterocycles. The minimum absolute atomic E-state index is 0.298. The van der Waals surface area contributed by atoms with Crippen LogP contribution in [0.3, 0.4) is 0 Å². The predicted octanol–water partition coefficient (Wildman–Crippen LogP) is 4.66. The first-order valence-electron chi connectivity index (χ1n) is 7.81. The molecule has 0 fully saturated rings. The molecule has 1 N–H and O–H groups in total. The number of carbonyl (C=O) groups excluding carboxylic acids is 1. The van der Waals surface area contributed by atoms with Gasteiger partial charge in [-0.2, -0.15) is 0 Å². The van der Waals surface area contributed by atoms with Gasteiger partial charge in [0.15, 0.2) is 0 Å². The molecule has 0 heterocycles. The molecule has 0 radical (unpaired) electrons. The van der Waals surface area contributed by atoms with Crippen molar-refractivity contribution in [2.45, 2.75) is 59.7 Å². The van der Waals surface area contributed by atoms with E-state index in [1.54, 1.807) is 32.1 Å². The third-order valence-corrected chi connectivity index (χ3v) is 3.28. The van der Waals surface area contributed by atoms with Crippen LogP contribution >= 0.6 is 0 Å². The van der Waals surface area contributed by atoms with Gasteiger partial charge in [-0.05, 0) is 53.7 Å². The van der Waals surface area contributed by atoms with Crippen molar-refractivity contribution in [2.75, 3.05) is 0 Å². The van der Waals surface area contributed by atoms with Crippen LogP contribution in [-0.2, 0) is 9.53 Å². The molecule has 0 rings (SSSR count). The molecular formula is C20H30O3. The van der Waals surface area contributed by atoms with Crippen LogP contribution in [0.15, 0.2) is 59.8 Å². The zero-order valence-electron chi connectivity index (χ0n) is 15.2. The van der Waals surface area contributed by atoms with E-state index in [0.717, 1.165) is 11.1 Å². The van der Waals surface area contributed by atoms with Crippen molar-refractivity contribution in [3.63, 3.8) is 0 Å². The Hall–Kier alpha value is -1.87. The van der Waals surface area contributed by atoms with Gasteiger partial charge in [0, 0.05) is 12.0 Å². The van der Waals surface area contributed by atoms with Crippen LogP contribution in [0.4, 0.5) is 0 Å². The van der Waals surface area contributed by atoms with Crippen LogP contribution in [0.25, 0.3) is 0 Å². The van der Waals surface area contributed by atoms with Crippen molar-refractivity contribution in [1.29, 1.82) is 0 Å². The second kappa shape index (κ2) is 10.0. The largest absolute Gasteiger partial charge is 0.454 e. The summed E-state index contributed by atoms with van der Waals surface area (Å²) in [7, 11) is 0. The molecule has 3 heteroatoms. The predicted molar refractivity (Wildman–Crippen MR) is 97.1 cm³/mol. The normalized spacial score (nSPS) is 16.7. The lowest BCUT2D eigenvalue weighted by Gasteiger charge is -2.16. The molecule has 0 aliphatic heterocycles. The van der Waals surface area contributed by atoms with Gasteiger partial charge in [0.2, 0.25) is 0 Å². The van der Waals surface area contributed by atoms with Gasteiger partial charge in [0.25, 0.3) is 0 Å². The van der Waals surface area contributed by atoms with E-state index >= 15 is 0 Å². The van der Waals surface area contributed by atoms with Crippen LogP contribution < -0.4 is 0 Å². The number of esters is 1. The van der Waals surface area contributed by atoms with Gasteiger partial charge in [0.1, 0.15) is 6.10 Å². The van der Waals surface area contributed by atoms with Gasteiger partial charge < -0.3 is 9.84 Å². The molecule has 0 aliphatic rings. The average Bonchev–Trinajstić information content (AvgIpc) is 2.45. The number of hydrogen-bond acceptors (Lipinski definition) is 3. The van der Waals surface area contributed by atoms with Gasteiger partial charge in [0.05, 0.1) is 5.60 Å². The van der Waals surface area contributed by atoms with Gasteiger partial charge in [-0.1, -0.05) is 42.0 Å². The van der Waals surface area contributed by atoms with E-state index in [-0.39, 0.29) is 12.1 Å². The molecule has 2 atom stereocenters. The van der Waals surface area contributed by atoms with Crippen molar-refractivity contribution in [3.05, 3.63) is 59.8 Å². The fraction of sp³-hybridized carbons (Fsp3) is 0.450. The molecule has 23 heavy (non-hydrogen) atoms. The third-order valence-electron chi connectivity index (χ3n) is 3.28. The molecule has 3 nitrogen and oxygen atoms in total. The molecule has 0 aromatic rings. The standard InChI is InChI=1S/C20H30O3/c1-8-17(6)19(21)23-18(13-15(3)4)14-16(5)11-10-12-20(7,22)9-2/h8-13,18,22H,2,14H2,1,3-7H3/b12-10+,16-11+,17-8-/t18-,20-/m0/s1. The van der Waals surface area contributed by atoms with E-state index < -0.39 is 5.60 Å². The highest BCUT2D eigenvalue weighted by atomic mass is 16.5. The monoisotopic (exact) mass is 318 g/mol. The van der Waals surface area contributed by atoms with E-state index in [9.17, 15) is 9.90 Å². The Morgan fingerprint density at radius 1 is 1.30 bits per heavy atom. The molecule has 0 spiro atoms. The van der Waals surface area contributed by atoms with Crippen molar-refractivity contribution in [1.82, 2.24) is 0 Å². The number of hydrogen-bond donors (Lipinski definition) is 1. The highest BCUT2D eigenvalue weighted by molar-refractivity contribution is 5.87. The summed E-state index contributed by atoms with van der Waals surface area (Å²) < 4.78 is 5.54. The smallest absolute Gasteiger partial charge is 0.333 e. The first-order valence-corrected chi connectivity index (χ1v) is 7.81. The summed E-state index contributed by atoms with van der Waals surface area (Å²) in [5, 5.41) is 9.82. The van der Waals surface area contributed by atoms with Crippen LogP contribution in [0.1, 0.15) is 48.0 Å². The first-order chi connectivity index (χ1) is 10.6. The number of rotatable bonds is 8. The van der Waals surface area contributed by atoms with Crippen LogP contribution in [-0.4, -0.2) is 22.8 Å². The molecular weight excluding hydrogens is 288 g/mol. The lowest BCUT2D eigenvalue weighted by atomic mass is 10.0. The molecule has 0 unspecified atom stereocenters. The highest BCUT2D eigenvalue weighted by Crippen LogP contribution is 2.14. The Morgan fingerprint density at radius 2 is 1.91 bits per heavy atom. The first kappa shape index (κ1) is 21.1. The number of aliphatic hydroxyl groups is 1. The van der Waals surface area contributed by atoms with E-state index in [0.29, 0.717) is 12.0 Å². The minimum atomic E-state index is -1.02. The second-order valence-corrected chi connectivity index (χ2v) is 6.17. The minimum Gasteiger partial charge on any atom is -0.454 e. The topological polar surface area (TPSA) is 46.5 Å². The SMILES string of the molecule is C=C[C@](C)(O)/C=C/C=C(\C)C[C@H](C=C(C)C)OC(=O)/C(C)=C\C. The Labute approximate surface area is 140 Å². The third kappa shape index (κ3) is 9.69. The Morgan fingerprint density at radius 3 is 2.39 bits per heavy atom. The van der Waals surface area contributed by atoms with Crippen molar-refractivity contribution in [3.8, 4) is 0 Å². The summed E-state index contributed by atoms with van der Waals surface area (Å²) in [5.74, 6) is -0.298.